The van der Waals surface area contributed by atoms with Gasteiger partial charge in [-0.3, -0.25) is 9.55 Å². The van der Waals surface area contributed by atoms with Gasteiger partial charge in [-0.25, -0.2) is 17.8 Å². The van der Waals surface area contributed by atoms with Crippen molar-refractivity contribution in [2.45, 2.75) is 43.1 Å². The van der Waals surface area contributed by atoms with Crippen LogP contribution in [0.1, 0.15) is 32.0 Å². The van der Waals surface area contributed by atoms with Crippen molar-refractivity contribution in [1.82, 2.24) is 14.1 Å². The van der Waals surface area contributed by atoms with Gasteiger partial charge in [0, 0.05) is 17.3 Å². The van der Waals surface area contributed by atoms with Crippen molar-refractivity contribution in [3.63, 3.8) is 0 Å². The number of benzene rings is 1. The summed E-state index contributed by atoms with van der Waals surface area (Å²) in [5, 5.41) is 10.2. The standard InChI is InChI=1S/C20H20F3N3O4S/c1-19(2,3)16-10-13(8-9-24-16)11-25-12-17(27)26(18(25)28)14-4-6-15(7-5-14)31(29,30)20(21,22)23/h4-10,12,27H,11H2,1-3H3. The molecule has 0 spiro atoms. The molecule has 0 aliphatic heterocycles. The maximum Gasteiger partial charge on any atom is 0.501 e. The molecule has 0 saturated carbocycles. The van der Waals surface area contributed by atoms with E-state index in [-0.39, 0.29) is 17.6 Å². The Kier molecular flexibility index (Phi) is 5.51. The Morgan fingerprint density at radius 3 is 2.23 bits per heavy atom. The highest BCUT2D eigenvalue weighted by Crippen LogP contribution is 2.30. The van der Waals surface area contributed by atoms with E-state index in [1.165, 1.54) is 10.8 Å². The Morgan fingerprint density at radius 1 is 1.06 bits per heavy atom. The second-order valence-electron chi connectivity index (χ2n) is 7.98. The molecule has 3 rings (SSSR count). The summed E-state index contributed by atoms with van der Waals surface area (Å²) in [4.78, 5) is 16.1. The summed E-state index contributed by atoms with van der Waals surface area (Å²) < 4.78 is 63.2. The van der Waals surface area contributed by atoms with Crippen molar-refractivity contribution in [2.24, 2.45) is 0 Å². The molecule has 11 heteroatoms. The van der Waals surface area contributed by atoms with Crippen molar-refractivity contribution >= 4 is 9.84 Å². The number of alkyl halides is 3. The van der Waals surface area contributed by atoms with Crippen molar-refractivity contribution in [3.8, 4) is 11.6 Å². The lowest BCUT2D eigenvalue weighted by Crippen LogP contribution is -2.24. The number of pyridine rings is 1. The van der Waals surface area contributed by atoms with Crippen LogP contribution in [0.4, 0.5) is 13.2 Å². The molecule has 0 radical (unpaired) electrons. The second-order valence-corrected chi connectivity index (χ2v) is 9.92. The molecular weight excluding hydrogens is 435 g/mol. The monoisotopic (exact) mass is 455 g/mol. The number of hydrogen-bond donors (Lipinski definition) is 1. The molecule has 0 amide bonds. The van der Waals surface area contributed by atoms with Gasteiger partial charge in [-0.05, 0) is 42.0 Å². The van der Waals surface area contributed by atoms with Crippen LogP contribution in [0.15, 0.2) is 58.5 Å². The minimum Gasteiger partial charge on any atom is -0.493 e. The van der Waals surface area contributed by atoms with E-state index in [1.807, 2.05) is 26.8 Å². The van der Waals surface area contributed by atoms with Crippen LogP contribution in [0.3, 0.4) is 0 Å². The maximum absolute atomic E-state index is 12.8. The van der Waals surface area contributed by atoms with Gasteiger partial charge in [0.1, 0.15) is 0 Å². The highest BCUT2D eigenvalue weighted by atomic mass is 32.2. The van der Waals surface area contributed by atoms with Gasteiger partial charge in [-0.1, -0.05) is 20.8 Å². The van der Waals surface area contributed by atoms with E-state index in [1.54, 1.807) is 12.3 Å². The summed E-state index contributed by atoms with van der Waals surface area (Å²) >= 11 is 0. The molecule has 2 aromatic heterocycles. The van der Waals surface area contributed by atoms with Crippen molar-refractivity contribution in [1.29, 1.82) is 0 Å². The summed E-state index contributed by atoms with van der Waals surface area (Å²) in [6.07, 6.45) is 2.82. The number of rotatable bonds is 4. The van der Waals surface area contributed by atoms with E-state index in [0.29, 0.717) is 0 Å². The van der Waals surface area contributed by atoms with E-state index in [4.69, 9.17) is 0 Å². The Bertz CT molecular complexity index is 1270. The molecule has 1 N–H and O–H groups in total. The molecule has 0 atom stereocenters. The number of hydrogen-bond acceptors (Lipinski definition) is 5. The Morgan fingerprint density at radius 2 is 1.68 bits per heavy atom. The highest BCUT2D eigenvalue weighted by molar-refractivity contribution is 7.92. The molecule has 0 unspecified atom stereocenters. The first kappa shape index (κ1) is 22.6. The number of sulfone groups is 1. The normalized spacial score (nSPS) is 12.8. The molecule has 0 bridgehead atoms. The van der Waals surface area contributed by atoms with Gasteiger partial charge in [0.15, 0.2) is 0 Å². The average molecular weight is 455 g/mol. The first-order valence-corrected chi connectivity index (χ1v) is 10.6. The Balaban J connectivity index is 1.95. The lowest BCUT2D eigenvalue weighted by molar-refractivity contribution is -0.0436. The van der Waals surface area contributed by atoms with Gasteiger partial charge in [0.25, 0.3) is 9.84 Å². The van der Waals surface area contributed by atoms with E-state index >= 15 is 0 Å². The van der Waals surface area contributed by atoms with Crippen LogP contribution in [0.25, 0.3) is 5.69 Å². The fourth-order valence-corrected chi connectivity index (χ4v) is 3.68. The number of nitrogens with zero attached hydrogens (tertiary/aromatic N) is 3. The summed E-state index contributed by atoms with van der Waals surface area (Å²) in [6.45, 7) is 6.12. The van der Waals surface area contributed by atoms with Gasteiger partial charge < -0.3 is 5.11 Å². The number of halogens is 3. The lowest BCUT2D eigenvalue weighted by atomic mass is 9.91. The summed E-state index contributed by atoms with van der Waals surface area (Å²) in [5.74, 6) is -0.443. The van der Waals surface area contributed by atoms with Crippen LogP contribution in [0.5, 0.6) is 5.88 Å². The van der Waals surface area contributed by atoms with Crippen LogP contribution < -0.4 is 5.69 Å². The van der Waals surface area contributed by atoms with Crippen LogP contribution in [0, 0.1) is 0 Å². The van der Waals surface area contributed by atoms with E-state index in [2.05, 4.69) is 4.98 Å². The predicted octanol–water partition coefficient (Wildman–Crippen LogP) is 3.38. The van der Waals surface area contributed by atoms with Gasteiger partial charge in [-0.2, -0.15) is 13.2 Å². The second kappa shape index (κ2) is 7.56. The Hall–Kier alpha value is -3.08. The fourth-order valence-electron chi connectivity index (χ4n) is 2.92. The SMILES string of the molecule is CC(C)(C)c1cc(Cn2cc(O)n(-c3ccc(S(=O)(=O)C(F)(F)F)cc3)c2=O)ccn1. The van der Waals surface area contributed by atoms with E-state index in [9.17, 15) is 31.5 Å². The van der Waals surface area contributed by atoms with Crippen molar-refractivity contribution in [3.05, 3.63) is 70.5 Å². The van der Waals surface area contributed by atoms with E-state index < -0.39 is 31.8 Å². The molecule has 0 saturated heterocycles. The Labute approximate surface area is 176 Å². The summed E-state index contributed by atoms with van der Waals surface area (Å²) in [6, 6.07) is 7.09. The zero-order valence-corrected chi connectivity index (χ0v) is 17.7. The quantitative estimate of drug-likeness (QED) is 0.651. The highest BCUT2D eigenvalue weighted by Gasteiger charge is 2.46. The fraction of sp³-hybridized carbons (Fsp3) is 0.300. The van der Waals surface area contributed by atoms with Crippen LogP contribution >= 0.6 is 0 Å². The van der Waals surface area contributed by atoms with Gasteiger partial charge >= 0.3 is 11.2 Å². The third-order valence-electron chi connectivity index (χ3n) is 4.59. The molecule has 0 fully saturated rings. The maximum atomic E-state index is 12.8. The van der Waals surface area contributed by atoms with Crippen LogP contribution in [0.2, 0.25) is 0 Å². The first-order chi connectivity index (χ1) is 14.2. The molecule has 3 aromatic rings. The topological polar surface area (TPSA) is 94.2 Å². The number of aromatic hydroxyl groups is 1. The van der Waals surface area contributed by atoms with Gasteiger partial charge in [-0.15, -0.1) is 0 Å². The molecule has 0 aliphatic carbocycles. The molecule has 0 aliphatic rings. The third-order valence-corrected chi connectivity index (χ3v) is 6.10. The summed E-state index contributed by atoms with van der Waals surface area (Å²) in [5.41, 5.74) is -4.67. The number of imidazole rings is 1. The predicted molar refractivity (Wildman–Crippen MR) is 107 cm³/mol. The van der Waals surface area contributed by atoms with Gasteiger partial charge in [0.05, 0.1) is 23.3 Å². The largest absolute Gasteiger partial charge is 0.501 e. The molecule has 1 aromatic carbocycles. The smallest absolute Gasteiger partial charge is 0.493 e. The van der Waals surface area contributed by atoms with Crippen molar-refractivity contribution in [2.75, 3.05) is 0 Å². The number of aromatic nitrogens is 3. The van der Waals surface area contributed by atoms with Crippen LogP contribution in [-0.4, -0.2) is 33.2 Å². The van der Waals surface area contributed by atoms with E-state index in [0.717, 1.165) is 40.1 Å². The van der Waals surface area contributed by atoms with Gasteiger partial charge in [0.2, 0.25) is 5.88 Å². The van der Waals surface area contributed by atoms with Crippen molar-refractivity contribution < 1.29 is 26.7 Å². The van der Waals surface area contributed by atoms with Crippen LogP contribution in [-0.2, 0) is 21.8 Å². The average Bonchev–Trinajstić information content (AvgIpc) is 2.94. The minimum atomic E-state index is -5.51. The molecule has 2 heterocycles. The third kappa shape index (κ3) is 4.36. The molecule has 166 valence electrons. The molecular formula is C20H20F3N3O4S. The minimum absolute atomic E-state index is 0.0208. The molecule has 31 heavy (non-hydrogen) atoms. The first-order valence-electron chi connectivity index (χ1n) is 9.10. The zero-order chi connectivity index (χ0) is 23.2. The summed E-state index contributed by atoms with van der Waals surface area (Å²) in [7, 11) is -5.51. The zero-order valence-electron chi connectivity index (χ0n) is 16.9. The lowest BCUT2D eigenvalue weighted by Gasteiger charge is -2.18. The molecule has 7 nitrogen and oxygen atoms in total.